The van der Waals surface area contributed by atoms with E-state index in [1.54, 1.807) is 12.3 Å². The van der Waals surface area contributed by atoms with Crippen LogP contribution in [0.2, 0.25) is 5.02 Å². The standard InChI is InChI=1S/C12H10ClFN2O/c13-11-5-8(6-15)7-16-12(11)17-10-3-1-9(14)2-4-10/h1-5,7H,6,15H2. The molecule has 0 atom stereocenters. The average molecular weight is 253 g/mol. The van der Waals surface area contributed by atoms with E-state index in [9.17, 15) is 4.39 Å². The molecule has 17 heavy (non-hydrogen) atoms. The summed E-state index contributed by atoms with van der Waals surface area (Å²) < 4.78 is 18.1. The van der Waals surface area contributed by atoms with Crippen molar-refractivity contribution in [2.24, 2.45) is 5.73 Å². The van der Waals surface area contributed by atoms with E-state index in [1.807, 2.05) is 0 Å². The number of nitrogens with zero attached hydrogens (tertiary/aromatic N) is 1. The van der Waals surface area contributed by atoms with E-state index in [1.165, 1.54) is 24.3 Å². The van der Waals surface area contributed by atoms with Gasteiger partial charge in [-0.2, -0.15) is 0 Å². The number of benzene rings is 1. The second-order valence-corrected chi connectivity index (χ2v) is 3.80. The first-order valence-corrected chi connectivity index (χ1v) is 5.35. The monoisotopic (exact) mass is 252 g/mol. The molecule has 0 saturated heterocycles. The molecule has 2 rings (SSSR count). The van der Waals surface area contributed by atoms with Crippen LogP contribution in [0.1, 0.15) is 5.56 Å². The Bertz CT molecular complexity index is 516. The van der Waals surface area contributed by atoms with E-state index in [2.05, 4.69) is 4.98 Å². The number of ether oxygens (including phenoxy) is 1. The van der Waals surface area contributed by atoms with Crippen molar-refractivity contribution in [2.75, 3.05) is 0 Å². The largest absolute Gasteiger partial charge is 0.438 e. The Labute approximate surface area is 103 Å². The number of halogens is 2. The highest BCUT2D eigenvalue weighted by atomic mass is 35.5. The van der Waals surface area contributed by atoms with Gasteiger partial charge < -0.3 is 10.5 Å². The summed E-state index contributed by atoms with van der Waals surface area (Å²) in [5.74, 6) is 0.423. The smallest absolute Gasteiger partial charge is 0.238 e. The number of rotatable bonds is 3. The predicted octanol–water partition coefficient (Wildman–Crippen LogP) is 3.13. The van der Waals surface area contributed by atoms with Gasteiger partial charge in [0.05, 0.1) is 0 Å². The zero-order valence-corrected chi connectivity index (χ0v) is 9.62. The minimum Gasteiger partial charge on any atom is -0.438 e. The fourth-order valence-corrected chi connectivity index (χ4v) is 1.49. The third-order valence-corrected chi connectivity index (χ3v) is 2.40. The summed E-state index contributed by atoms with van der Waals surface area (Å²) in [4.78, 5) is 4.04. The van der Waals surface area contributed by atoms with E-state index < -0.39 is 0 Å². The summed E-state index contributed by atoms with van der Waals surface area (Å²) in [5.41, 5.74) is 6.28. The third kappa shape index (κ3) is 2.93. The van der Waals surface area contributed by atoms with Gasteiger partial charge in [-0.3, -0.25) is 0 Å². The van der Waals surface area contributed by atoms with Gasteiger partial charge in [0.25, 0.3) is 0 Å². The molecule has 0 amide bonds. The van der Waals surface area contributed by atoms with Crippen LogP contribution in [0.3, 0.4) is 0 Å². The number of aromatic nitrogens is 1. The lowest BCUT2D eigenvalue weighted by Crippen LogP contribution is -1.98. The molecule has 0 saturated carbocycles. The molecule has 0 bridgehead atoms. The highest BCUT2D eigenvalue weighted by molar-refractivity contribution is 6.31. The summed E-state index contributed by atoms with van der Waals surface area (Å²) in [5, 5.41) is 0.372. The number of hydrogen-bond donors (Lipinski definition) is 1. The maximum atomic E-state index is 12.7. The molecule has 0 fully saturated rings. The molecule has 3 nitrogen and oxygen atoms in total. The maximum Gasteiger partial charge on any atom is 0.238 e. The van der Waals surface area contributed by atoms with Crippen LogP contribution in [0.15, 0.2) is 36.5 Å². The van der Waals surface area contributed by atoms with Crippen molar-refractivity contribution in [3.8, 4) is 11.6 Å². The van der Waals surface area contributed by atoms with Crippen molar-refractivity contribution in [2.45, 2.75) is 6.54 Å². The van der Waals surface area contributed by atoms with E-state index in [0.717, 1.165) is 5.56 Å². The van der Waals surface area contributed by atoms with E-state index in [4.69, 9.17) is 22.1 Å². The van der Waals surface area contributed by atoms with Crippen LogP contribution in [-0.2, 0) is 6.54 Å². The number of hydrogen-bond acceptors (Lipinski definition) is 3. The molecule has 0 aliphatic heterocycles. The van der Waals surface area contributed by atoms with Gasteiger partial charge in [0.1, 0.15) is 16.6 Å². The maximum absolute atomic E-state index is 12.7. The minimum atomic E-state index is -0.324. The lowest BCUT2D eigenvalue weighted by molar-refractivity contribution is 0.461. The Kier molecular flexibility index (Phi) is 3.56. The fraction of sp³-hybridized carbons (Fsp3) is 0.0833. The van der Waals surface area contributed by atoms with Crippen LogP contribution in [0.5, 0.6) is 11.6 Å². The summed E-state index contributed by atoms with van der Waals surface area (Å²) >= 11 is 5.97. The Morgan fingerprint density at radius 2 is 2.00 bits per heavy atom. The van der Waals surface area contributed by atoms with Crippen molar-refractivity contribution in [3.05, 3.63) is 52.9 Å². The van der Waals surface area contributed by atoms with Crippen LogP contribution in [-0.4, -0.2) is 4.98 Å². The van der Waals surface area contributed by atoms with Crippen molar-refractivity contribution in [1.82, 2.24) is 4.98 Å². The molecule has 0 aliphatic rings. The molecule has 1 aromatic carbocycles. The van der Waals surface area contributed by atoms with Gasteiger partial charge in [0.2, 0.25) is 5.88 Å². The van der Waals surface area contributed by atoms with Gasteiger partial charge in [0.15, 0.2) is 0 Å². The lowest BCUT2D eigenvalue weighted by atomic mass is 10.3. The SMILES string of the molecule is NCc1cnc(Oc2ccc(F)cc2)c(Cl)c1. The highest BCUT2D eigenvalue weighted by Crippen LogP contribution is 2.27. The van der Waals surface area contributed by atoms with Gasteiger partial charge in [-0.05, 0) is 35.9 Å². The van der Waals surface area contributed by atoms with E-state index in [0.29, 0.717) is 17.3 Å². The van der Waals surface area contributed by atoms with Crippen molar-refractivity contribution < 1.29 is 9.13 Å². The number of nitrogens with two attached hydrogens (primary N) is 1. The second-order valence-electron chi connectivity index (χ2n) is 3.39. The van der Waals surface area contributed by atoms with Crippen LogP contribution in [0, 0.1) is 5.82 Å². The Morgan fingerprint density at radius 3 is 2.59 bits per heavy atom. The molecule has 2 aromatic rings. The molecule has 0 unspecified atom stereocenters. The first-order chi connectivity index (χ1) is 8.19. The zero-order valence-electron chi connectivity index (χ0n) is 8.86. The molecular formula is C12H10ClFN2O. The summed E-state index contributed by atoms with van der Waals surface area (Å²) in [6, 6.07) is 7.30. The number of pyridine rings is 1. The molecule has 1 heterocycles. The molecule has 1 aromatic heterocycles. The van der Waals surface area contributed by atoms with Crippen LogP contribution < -0.4 is 10.5 Å². The summed E-state index contributed by atoms with van der Waals surface area (Å²) in [6.45, 7) is 0.365. The second kappa shape index (κ2) is 5.12. The lowest BCUT2D eigenvalue weighted by Gasteiger charge is -2.07. The first-order valence-electron chi connectivity index (χ1n) is 4.97. The van der Waals surface area contributed by atoms with Crippen LogP contribution in [0.4, 0.5) is 4.39 Å². The molecular weight excluding hydrogens is 243 g/mol. The van der Waals surface area contributed by atoms with Gasteiger partial charge >= 0.3 is 0 Å². The molecule has 0 aliphatic carbocycles. The van der Waals surface area contributed by atoms with Crippen molar-refractivity contribution in [1.29, 1.82) is 0 Å². The fourth-order valence-electron chi connectivity index (χ4n) is 1.27. The van der Waals surface area contributed by atoms with Gasteiger partial charge in [-0.1, -0.05) is 11.6 Å². The van der Waals surface area contributed by atoms with Crippen LogP contribution in [0.25, 0.3) is 0 Å². The van der Waals surface area contributed by atoms with Crippen molar-refractivity contribution in [3.63, 3.8) is 0 Å². The zero-order chi connectivity index (χ0) is 12.3. The Hall–Kier alpha value is -1.65. The summed E-state index contributed by atoms with van der Waals surface area (Å²) in [7, 11) is 0. The third-order valence-electron chi connectivity index (χ3n) is 2.13. The molecule has 0 radical (unpaired) electrons. The average Bonchev–Trinajstić information content (AvgIpc) is 2.34. The molecule has 0 spiro atoms. The summed E-state index contributed by atoms with van der Waals surface area (Å²) in [6.07, 6.45) is 1.59. The molecule has 2 N–H and O–H groups in total. The Morgan fingerprint density at radius 1 is 1.29 bits per heavy atom. The first kappa shape index (κ1) is 11.8. The Balaban J connectivity index is 2.21. The molecule has 88 valence electrons. The normalized spacial score (nSPS) is 10.3. The molecule has 5 heteroatoms. The van der Waals surface area contributed by atoms with Crippen molar-refractivity contribution >= 4 is 11.6 Å². The predicted molar refractivity (Wildman–Crippen MR) is 63.6 cm³/mol. The quantitative estimate of drug-likeness (QED) is 0.913. The highest BCUT2D eigenvalue weighted by Gasteiger charge is 2.05. The van der Waals surface area contributed by atoms with E-state index >= 15 is 0 Å². The van der Waals surface area contributed by atoms with E-state index in [-0.39, 0.29) is 11.7 Å². The topological polar surface area (TPSA) is 48.1 Å². The van der Waals surface area contributed by atoms with Crippen LogP contribution >= 0.6 is 11.6 Å². The van der Waals surface area contributed by atoms with Gasteiger partial charge in [-0.15, -0.1) is 0 Å². The van der Waals surface area contributed by atoms with Gasteiger partial charge in [-0.25, -0.2) is 9.37 Å². The minimum absolute atomic E-state index is 0.274. The van der Waals surface area contributed by atoms with Gasteiger partial charge in [0, 0.05) is 12.7 Å².